The average molecular weight is 393 g/mol. The first-order chi connectivity index (χ1) is 11.8. The van der Waals surface area contributed by atoms with Gasteiger partial charge in [0.1, 0.15) is 12.4 Å². The summed E-state index contributed by atoms with van der Waals surface area (Å²) in [7, 11) is -6.38. The second-order valence-electron chi connectivity index (χ2n) is 5.67. The SMILES string of the molecule is CCCS(=O)(=O)NCCOc1ccc(CCNS(=O)(=O)CCC)cc1. The standard InChI is InChI=1S/C16H28N2O5S2/c1-3-13-24(19,20)17-10-9-15-5-7-16(8-6-15)23-12-11-18-25(21,22)14-4-2/h5-8,17-18H,3-4,9-14H2,1-2H3. The van der Waals surface area contributed by atoms with Crippen molar-refractivity contribution in [3.05, 3.63) is 29.8 Å². The molecule has 0 radical (unpaired) electrons. The lowest BCUT2D eigenvalue weighted by atomic mass is 10.1. The molecule has 0 bridgehead atoms. The second-order valence-corrected chi connectivity index (χ2v) is 9.52. The number of hydrogen-bond acceptors (Lipinski definition) is 5. The van der Waals surface area contributed by atoms with Crippen molar-refractivity contribution in [2.45, 2.75) is 33.1 Å². The number of ether oxygens (including phenoxy) is 1. The quantitative estimate of drug-likeness (QED) is 0.492. The predicted octanol–water partition coefficient (Wildman–Crippen LogP) is 1.27. The van der Waals surface area contributed by atoms with E-state index in [0.29, 0.717) is 31.6 Å². The van der Waals surface area contributed by atoms with Crippen molar-refractivity contribution in [2.24, 2.45) is 0 Å². The molecule has 0 aliphatic carbocycles. The summed E-state index contributed by atoms with van der Waals surface area (Å²) < 4.78 is 56.6. The highest BCUT2D eigenvalue weighted by Gasteiger charge is 2.08. The van der Waals surface area contributed by atoms with Gasteiger partial charge in [-0.2, -0.15) is 0 Å². The van der Waals surface area contributed by atoms with E-state index in [1.807, 2.05) is 26.0 Å². The van der Waals surface area contributed by atoms with E-state index in [0.717, 1.165) is 5.56 Å². The van der Waals surface area contributed by atoms with Crippen molar-refractivity contribution in [3.8, 4) is 5.75 Å². The molecule has 0 fully saturated rings. The lowest BCUT2D eigenvalue weighted by molar-refractivity contribution is 0.322. The molecule has 7 nitrogen and oxygen atoms in total. The molecule has 1 aromatic rings. The Morgan fingerprint density at radius 3 is 1.88 bits per heavy atom. The highest BCUT2D eigenvalue weighted by Crippen LogP contribution is 2.12. The molecule has 0 unspecified atom stereocenters. The fraction of sp³-hybridized carbons (Fsp3) is 0.625. The smallest absolute Gasteiger partial charge is 0.211 e. The molecule has 0 aromatic heterocycles. The van der Waals surface area contributed by atoms with Crippen LogP contribution in [-0.4, -0.2) is 48.0 Å². The van der Waals surface area contributed by atoms with E-state index in [-0.39, 0.29) is 24.7 Å². The van der Waals surface area contributed by atoms with Crippen LogP contribution >= 0.6 is 0 Å². The first kappa shape index (κ1) is 21.9. The molecule has 0 aliphatic rings. The third-order valence-electron chi connectivity index (χ3n) is 3.30. The van der Waals surface area contributed by atoms with Gasteiger partial charge in [0.15, 0.2) is 0 Å². The van der Waals surface area contributed by atoms with E-state index < -0.39 is 20.0 Å². The maximum absolute atomic E-state index is 11.6. The van der Waals surface area contributed by atoms with Crippen LogP contribution in [0.15, 0.2) is 24.3 Å². The molecule has 2 N–H and O–H groups in total. The molecular weight excluding hydrogens is 364 g/mol. The van der Waals surface area contributed by atoms with Crippen LogP contribution in [0, 0.1) is 0 Å². The second kappa shape index (κ2) is 10.7. The molecule has 1 aromatic carbocycles. The van der Waals surface area contributed by atoms with Crippen molar-refractivity contribution in [3.63, 3.8) is 0 Å². The van der Waals surface area contributed by atoms with Crippen molar-refractivity contribution >= 4 is 20.0 Å². The Kier molecular flexibility index (Phi) is 9.41. The Balaban J connectivity index is 2.32. The van der Waals surface area contributed by atoms with E-state index in [4.69, 9.17) is 4.74 Å². The zero-order valence-corrected chi connectivity index (χ0v) is 16.5. The number of benzene rings is 1. The van der Waals surface area contributed by atoms with Gasteiger partial charge in [-0.25, -0.2) is 26.3 Å². The Hall–Kier alpha value is -1.16. The molecular formula is C16H28N2O5S2. The summed E-state index contributed by atoms with van der Waals surface area (Å²) in [6, 6.07) is 7.31. The van der Waals surface area contributed by atoms with E-state index in [2.05, 4.69) is 9.44 Å². The predicted molar refractivity (Wildman–Crippen MR) is 99.8 cm³/mol. The molecule has 0 spiro atoms. The zero-order chi connectivity index (χ0) is 18.8. The first-order valence-corrected chi connectivity index (χ1v) is 11.7. The van der Waals surface area contributed by atoms with Crippen LogP contribution in [0.25, 0.3) is 0 Å². The third-order valence-corrected chi connectivity index (χ3v) is 6.48. The molecule has 0 atom stereocenters. The fourth-order valence-electron chi connectivity index (χ4n) is 2.15. The van der Waals surface area contributed by atoms with Gasteiger partial charge in [0, 0.05) is 13.1 Å². The minimum absolute atomic E-state index is 0.115. The number of hydrogen-bond donors (Lipinski definition) is 2. The van der Waals surface area contributed by atoms with Crippen molar-refractivity contribution in [2.75, 3.05) is 31.2 Å². The van der Waals surface area contributed by atoms with Gasteiger partial charge in [-0.1, -0.05) is 26.0 Å². The van der Waals surface area contributed by atoms with Crippen LogP contribution in [-0.2, 0) is 26.5 Å². The molecule has 0 aliphatic heterocycles. The summed E-state index contributed by atoms with van der Waals surface area (Å²) in [5.74, 6) is 0.899. The normalized spacial score (nSPS) is 12.2. The lowest BCUT2D eigenvalue weighted by Gasteiger charge is -2.09. The number of nitrogens with one attached hydrogen (secondary N) is 2. The molecule has 1 rings (SSSR count). The summed E-state index contributed by atoms with van der Waals surface area (Å²) in [6.07, 6.45) is 1.77. The van der Waals surface area contributed by atoms with E-state index in [1.165, 1.54) is 0 Å². The fourth-order valence-corrected chi connectivity index (χ4v) is 4.32. The van der Waals surface area contributed by atoms with Crippen LogP contribution in [0.5, 0.6) is 5.75 Å². The van der Waals surface area contributed by atoms with Crippen LogP contribution in [0.4, 0.5) is 0 Å². The molecule has 144 valence electrons. The van der Waals surface area contributed by atoms with Gasteiger partial charge in [0.05, 0.1) is 11.5 Å². The molecule has 0 heterocycles. The number of sulfonamides is 2. The Morgan fingerprint density at radius 2 is 1.36 bits per heavy atom. The van der Waals surface area contributed by atoms with Gasteiger partial charge in [-0.05, 0) is 37.0 Å². The lowest BCUT2D eigenvalue weighted by Crippen LogP contribution is -2.30. The van der Waals surface area contributed by atoms with Crippen LogP contribution < -0.4 is 14.2 Å². The first-order valence-electron chi connectivity index (χ1n) is 8.44. The van der Waals surface area contributed by atoms with Gasteiger partial charge < -0.3 is 4.74 Å². The van der Waals surface area contributed by atoms with Gasteiger partial charge in [-0.3, -0.25) is 0 Å². The van der Waals surface area contributed by atoms with E-state index >= 15 is 0 Å². The van der Waals surface area contributed by atoms with E-state index in [1.54, 1.807) is 12.1 Å². The van der Waals surface area contributed by atoms with Gasteiger partial charge in [0.25, 0.3) is 0 Å². The maximum atomic E-state index is 11.6. The Morgan fingerprint density at radius 1 is 0.840 bits per heavy atom. The van der Waals surface area contributed by atoms with Gasteiger partial charge >= 0.3 is 0 Å². The van der Waals surface area contributed by atoms with Crippen molar-refractivity contribution in [1.82, 2.24) is 9.44 Å². The molecule has 0 saturated heterocycles. The van der Waals surface area contributed by atoms with E-state index in [9.17, 15) is 16.8 Å². The monoisotopic (exact) mass is 392 g/mol. The third kappa shape index (κ3) is 9.78. The molecule has 25 heavy (non-hydrogen) atoms. The summed E-state index contributed by atoms with van der Waals surface area (Å²) in [6.45, 7) is 4.48. The Labute approximate surface area is 151 Å². The summed E-state index contributed by atoms with van der Waals surface area (Å²) in [4.78, 5) is 0. The highest BCUT2D eigenvalue weighted by molar-refractivity contribution is 7.89. The molecule has 0 saturated carbocycles. The van der Waals surface area contributed by atoms with Gasteiger partial charge in [0.2, 0.25) is 20.0 Å². The Bertz CT molecular complexity index is 701. The molecule has 0 amide bonds. The number of rotatable bonds is 13. The van der Waals surface area contributed by atoms with Crippen molar-refractivity contribution in [1.29, 1.82) is 0 Å². The molecule has 9 heteroatoms. The van der Waals surface area contributed by atoms with Crippen LogP contribution in [0.3, 0.4) is 0 Å². The summed E-state index contributed by atoms with van der Waals surface area (Å²) in [5.41, 5.74) is 0.996. The highest BCUT2D eigenvalue weighted by atomic mass is 32.2. The average Bonchev–Trinajstić information content (AvgIpc) is 2.52. The zero-order valence-electron chi connectivity index (χ0n) is 14.8. The minimum atomic E-state index is -3.21. The maximum Gasteiger partial charge on any atom is 0.211 e. The minimum Gasteiger partial charge on any atom is -0.492 e. The van der Waals surface area contributed by atoms with Crippen molar-refractivity contribution < 1.29 is 21.6 Å². The van der Waals surface area contributed by atoms with Gasteiger partial charge in [-0.15, -0.1) is 0 Å². The summed E-state index contributed by atoms with van der Waals surface area (Å²) in [5, 5.41) is 0. The van der Waals surface area contributed by atoms with Crippen LogP contribution in [0.2, 0.25) is 0 Å². The topological polar surface area (TPSA) is 102 Å². The summed E-state index contributed by atoms with van der Waals surface area (Å²) >= 11 is 0. The largest absolute Gasteiger partial charge is 0.492 e. The van der Waals surface area contributed by atoms with Crippen LogP contribution in [0.1, 0.15) is 32.3 Å².